The van der Waals surface area contributed by atoms with Gasteiger partial charge in [0.1, 0.15) is 0 Å². The lowest BCUT2D eigenvalue weighted by Crippen LogP contribution is -2.40. The van der Waals surface area contributed by atoms with Crippen LogP contribution in [0.5, 0.6) is 0 Å². The van der Waals surface area contributed by atoms with Crippen molar-refractivity contribution in [2.75, 3.05) is 0 Å². The van der Waals surface area contributed by atoms with E-state index in [1.165, 1.54) is 38.5 Å². The van der Waals surface area contributed by atoms with E-state index in [2.05, 4.69) is 61.7 Å². The Balaban J connectivity index is 1.52. The van der Waals surface area contributed by atoms with Gasteiger partial charge in [0.15, 0.2) is 0 Å². The molecule has 4 aliphatic rings. The van der Waals surface area contributed by atoms with Gasteiger partial charge in [0, 0.05) is 0 Å². The highest BCUT2D eigenvalue weighted by molar-refractivity contribution is 6.80. The third-order valence-corrected chi connectivity index (χ3v) is 12.6. The smallest absolute Gasteiger partial charge is 0.0542 e. The van der Waals surface area contributed by atoms with E-state index in [9.17, 15) is 0 Å². The molecule has 0 bridgehead atoms. The van der Waals surface area contributed by atoms with Gasteiger partial charge in [-0.3, -0.25) is 0 Å². The summed E-state index contributed by atoms with van der Waals surface area (Å²) in [4.78, 5) is 0. The minimum absolute atomic E-state index is 0.532. The Morgan fingerprint density at radius 1 is 0.955 bits per heavy atom. The molecule has 0 aliphatic heterocycles. The fourth-order valence-corrected chi connectivity index (χ4v) is 10.7. The van der Waals surface area contributed by atoms with Crippen molar-refractivity contribution < 1.29 is 0 Å². The molecule has 1 heteroatoms. The monoisotopic (exact) mass is 310 g/mol. The maximum atomic E-state index is 2.72. The minimum Gasteiger partial charge on any atom is -0.0837 e. The summed E-state index contributed by atoms with van der Waals surface area (Å²) in [5, 5.41) is 0. The van der Waals surface area contributed by atoms with E-state index in [0.717, 1.165) is 22.9 Å². The highest BCUT2D eigenvalue weighted by Crippen LogP contribution is 2.59. The van der Waals surface area contributed by atoms with Crippen LogP contribution in [0.15, 0.2) is 48.6 Å². The van der Waals surface area contributed by atoms with Gasteiger partial charge in [-0.05, 0) is 54.0 Å². The molecule has 0 nitrogen and oxygen atoms in total. The minimum atomic E-state index is -1.20. The van der Waals surface area contributed by atoms with Crippen LogP contribution in [0.2, 0.25) is 24.2 Å². The summed E-state index contributed by atoms with van der Waals surface area (Å²) in [7, 11) is -1.20. The molecule has 2 saturated carbocycles. The maximum Gasteiger partial charge on any atom is 0.0542 e. The van der Waals surface area contributed by atoms with Gasteiger partial charge < -0.3 is 0 Å². The van der Waals surface area contributed by atoms with Crippen molar-refractivity contribution in [1.82, 2.24) is 0 Å². The Bertz CT molecular complexity index is 550. The van der Waals surface area contributed by atoms with Crippen molar-refractivity contribution in [3.8, 4) is 0 Å². The van der Waals surface area contributed by atoms with Gasteiger partial charge in [0.2, 0.25) is 0 Å². The molecule has 0 radical (unpaired) electrons. The molecule has 4 aliphatic carbocycles. The summed E-state index contributed by atoms with van der Waals surface area (Å²) in [6, 6.07) is 0. The summed E-state index contributed by atoms with van der Waals surface area (Å²) in [6.07, 6.45) is 27.7. The highest BCUT2D eigenvalue weighted by Gasteiger charge is 2.51. The molecule has 0 aromatic heterocycles. The predicted molar refractivity (Wildman–Crippen MR) is 98.7 cm³/mol. The van der Waals surface area contributed by atoms with Crippen LogP contribution in [0.4, 0.5) is 0 Å². The average molecular weight is 311 g/mol. The molecule has 118 valence electrons. The summed E-state index contributed by atoms with van der Waals surface area (Å²) in [6.45, 7) is 5.44. The zero-order valence-electron chi connectivity index (χ0n) is 14.2. The summed E-state index contributed by atoms with van der Waals surface area (Å²) >= 11 is 0. The van der Waals surface area contributed by atoms with Crippen molar-refractivity contribution in [3.63, 3.8) is 0 Å². The number of allylic oxidation sites excluding steroid dienone is 8. The van der Waals surface area contributed by atoms with Crippen molar-refractivity contribution in [3.05, 3.63) is 48.6 Å². The third kappa shape index (κ3) is 2.33. The number of hydrogen-bond donors (Lipinski definition) is 0. The zero-order valence-corrected chi connectivity index (χ0v) is 15.2. The van der Waals surface area contributed by atoms with Crippen LogP contribution in [0, 0.1) is 17.3 Å². The maximum absolute atomic E-state index is 2.72. The van der Waals surface area contributed by atoms with Crippen LogP contribution in [0.25, 0.3) is 0 Å². The van der Waals surface area contributed by atoms with Crippen molar-refractivity contribution in [1.29, 1.82) is 0 Å². The van der Waals surface area contributed by atoms with Crippen LogP contribution < -0.4 is 0 Å². The largest absolute Gasteiger partial charge is 0.0837 e. The molecule has 4 rings (SSSR count). The van der Waals surface area contributed by atoms with Crippen LogP contribution in [-0.4, -0.2) is 8.07 Å². The lowest BCUT2D eigenvalue weighted by molar-refractivity contribution is 0.397. The van der Waals surface area contributed by atoms with Gasteiger partial charge >= 0.3 is 0 Å². The van der Waals surface area contributed by atoms with Crippen LogP contribution >= 0.6 is 0 Å². The molecule has 5 atom stereocenters. The molecule has 0 amide bonds. The Kier molecular flexibility index (Phi) is 3.60. The molecule has 0 aromatic rings. The summed E-state index contributed by atoms with van der Waals surface area (Å²) in [5.74, 6) is 1.72. The fourth-order valence-electron chi connectivity index (χ4n) is 5.96. The first-order valence-corrected chi connectivity index (χ1v) is 12.5. The Labute approximate surface area is 137 Å². The average Bonchev–Trinajstić information content (AvgIpc) is 3.13. The normalized spacial score (nSPS) is 43.2. The SMILES string of the molecule is C[Si](C)(C1CCC2(C=CC=CC2)C1)C1CCC2C=CC=CC21. The van der Waals surface area contributed by atoms with E-state index in [1.807, 2.05) is 0 Å². The van der Waals surface area contributed by atoms with Gasteiger partial charge in [0.05, 0.1) is 8.07 Å². The van der Waals surface area contributed by atoms with E-state index in [-0.39, 0.29) is 0 Å². The van der Waals surface area contributed by atoms with E-state index >= 15 is 0 Å². The van der Waals surface area contributed by atoms with Crippen LogP contribution in [0.3, 0.4) is 0 Å². The van der Waals surface area contributed by atoms with Crippen molar-refractivity contribution in [2.45, 2.75) is 62.7 Å². The van der Waals surface area contributed by atoms with Crippen LogP contribution in [0.1, 0.15) is 38.5 Å². The topological polar surface area (TPSA) is 0 Å². The van der Waals surface area contributed by atoms with E-state index in [4.69, 9.17) is 0 Å². The summed E-state index contributed by atoms with van der Waals surface area (Å²) in [5.41, 5.74) is 2.58. The Hall–Kier alpha value is -0.823. The van der Waals surface area contributed by atoms with E-state index < -0.39 is 8.07 Å². The number of hydrogen-bond acceptors (Lipinski definition) is 0. The lowest BCUT2D eigenvalue weighted by Gasteiger charge is -2.40. The molecule has 0 heterocycles. The molecule has 0 N–H and O–H groups in total. The van der Waals surface area contributed by atoms with Gasteiger partial charge in [-0.2, -0.15) is 0 Å². The molecule has 0 saturated heterocycles. The first kappa shape index (κ1) is 14.7. The fraction of sp³-hybridized carbons (Fsp3) is 0.619. The Morgan fingerprint density at radius 3 is 2.64 bits per heavy atom. The van der Waals surface area contributed by atoms with E-state index in [1.54, 1.807) is 0 Å². The molecule has 5 unspecified atom stereocenters. The molecule has 0 aromatic carbocycles. The third-order valence-electron chi connectivity index (χ3n) is 7.45. The molecule has 1 spiro atoms. The van der Waals surface area contributed by atoms with Gasteiger partial charge in [0.25, 0.3) is 0 Å². The molecule has 22 heavy (non-hydrogen) atoms. The molecular weight excluding hydrogens is 280 g/mol. The zero-order chi connectivity index (χ0) is 15.2. The van der Waals surface area contributed by atoms with Crippen molar-refractivity contribution >= 4 is 8.07 Å². The quantitative estimate of drug-likeness (QED) is 0.527. The first-order chi connectivity index (χ1) is 10.6. The van der Waals surface area contributed by atoms with Crippen LogP contribution in [-0.2, 0) is 0 Å². The molecular formula is C21H30Si. The second-order valence-corrected chi connectivity index (χ2v) is 14.0. The first-order valence-electron chi connectivity index (χ1n) is 9.30. The summed E-state index contributed by atoms with van der Waals surface area (Å²) < 4.78 is 0. The second kappa shape index (κ2) is 5.37. The van der Waals surface area contributed by atoms with Crippen molar-refractivity contribution in [2.24, 2.45) is 17.3 Å². The predicted octanol–water partition coefficient (Wildman–Crippen LogP) is 6.27. The van der Waals surface area contributed by atoms with Gasteiger partial charge in [-0.15, -0.1) is 0 Å². The van der Waals surface area contributed by atoms with Gasteiger partial charge in [-0.1, -0.05) is 74.5 Å². The number of rotatable bonds is 2. The highest BCUT2D eigenvalue weighted by atomic mass is 28.3. The lowest BCUT2D eigenvalue weighted by atomic mass is 9.80. The van der Waals surface area contributed by atoms with Gasteiger partial charge in [-0.25, -0.2) is 0 Å². The van der Waals surface area contributed by atoms with E-state index in [0.29, 0.717) is 5.41 Å². The number of fused-ring (bicyclic) bond motifs is 1. The molecule has 2 fully saturated rings. The second-order valence-electron chi connectivity index (χ2n) is 8.81. The Morgan fingerprint density at radius 2 is 1.82 bits per heavy atom. The standard InChI is InChI=1S/C21H30Si/c1-22(2,20-11-10-17-8-4-5-9-19(17)20)18-12-15-21(16-18)13-6-3-7-14-21/h3-9,13,17-20H,10-12,14-16H2,1-2H3.